The molecule has 0 aliphatic carbocycles. The van der Waals surface area contributed by atoms with Crippen molar-refractivity contribution in [2.75, 3.05) is 6.54 Å². The van der Waals surface area contributed by atoms with Crippen molar-refractivity contribution < 1.29 is 13.5 Å². The minimum Gasteiger partial charge on any atom is -0.481 e. The van der Waals surface area contributed by atoms with Crippen LogP contribution in [0, 0.1) is 18.7 Å². The van der Waals surface area contributed by atoms with Gasteiger partial charge in [0.1, 0.15) is 0 Å². The topological polar surface area (TPSA) is 60.2 Å². The predicted octanol–water partition coefficient (Wildman–Crippen LogP) is 2.84. The molecule has 2 rings (SSSR count). The number of hydrogen-bond acceptors (Lipinski definition) is 5. The van der Waals surface area contributed by atoms with E-state index in [1.165, 1.54) is 6.07 Å². The molecule has 114 valence electrons. The van der Waals surface area contributed by atoms with Crippen molar-refractivity contribution in [2.24, 2.45) is 5.92 Å². The molecule has 0 bridgehead atoms. The summed E-state index contributed by atoms with van der Waals surface area (Å²) in [6.07, 6.45) is 0. The smallest absolute Gasteiger partial charge is 0.253 e. The first-order valence-electron chi connectivity index (χ1n) is 6.95. The summed E-state index contributed by atoms with van der Waals surface area (Å²) in [5.41, 5.74) is 0.883. The summed E-state index contributed by atoms with van der Waals surface area (Å²) in [6, 6.07) is 4.93. The highest BCUT2D eigenvalue weighted by molar-refractivity contribution is 5.29. The van der Waals surface area contributed by atoms with Crippen molar-refractivity contribution in [1.82, 2.24) is 15.5 Å². The van der Waals surface area contributed by atoms with Gasteiger partial charge >= 0.3 is 0 Å². The normalized spacial score (nSPS) is 11.1. The van der Waals surface area contributed by atoms with Crippen molar-refractivity contribution in [2.45, 2.75) is 33.9 Å². The number of nitrogens with one attached hydrogen (secondary N) is 1. The lowest BCUT2D eigenvalue weighted by atomic mass is 10.2. The fourth-order valence-electron chi connectivity index (χ4n) is 1.81. The number of hydrogen-bond donors (Lipinski definition) is 1. The van der Waals surface area contributed by atoms with Gasteiger partial charge in [-0.3, -0.25) is 0 Å². The van der Waals surface area contributed by atoms with Crippen molar-refractivity contribution in [3.05, 3.63) is 41.4 Å². The molecule has 0 radical (unpaired) electrons. The summed E-state index contributed by atoms with van der Waals surface area (Å²) in [5, 5.41) is 10.7. The molecule has 1 heterocycles. The number of aromatic nitrogens is 2. The molecule has 1 N–H and O–H groups in total. The Hall–Kier alpha value is -1.95. The van der Waals surface area contributed by atoms with Gasteiger partial charge in [0.2, 0.25) is 5.89 Å². The van der Waals surface area contributed by atoms with Gasteiger partial charge in [-0.1, -0.05) is 19.9 Å². The van der Waals surface area contributed by atoms with Gasteiger partial charge in [-0.05, 0) is 30.2 Å². The lowest BCUT2D eigenvalue weighted by Crippen LogP contribution is -2.19. The Bertz CT molecular complexity index is 584. The highest BCUT2D eigenvalue weighted by atomic mass is 19.1. The minimum absolute atomic E-state index is 0.0582. The van der Waals surface area contributed by atoms with Crippen LogP contribution in [-0.2, 0) is 13.2 Å². The molecule has 0 aliphatic heterocycles. The van der Waals surface area contributed by atoms with E-state index < -0.39 is 5.82 Å². The average Bonchev–Trinajstić information content (AvgIpc) is 2.83. The van der Waals surface area contributed by atoms with Gasteiger partial charge in [0.25, 0.3) is 5.89 Å². The number of ether oxygens (including phenoxy) is 1. The Morgan fingerprint density at radius 2 is 2.14 bits per heavy atom. The second-order valence-electron chi connectivity index (χ2n) is 5.29. The Labute approximate surface area is 123 Å². The van der Waals surface area contributed by atoms with Crippen LogP contribution in [0.4, 0.5) is 4.39 Å². The van der Waals surface area contributed by atoms with Crippen molar-refractivity contribution in [1.29, 1.82) is 0 Å². The molecule has 2 aromatic rings. The third kappa shape index (κ3) is 4.82. The fourth-order valence-corrected chi connectivity index (χ4v) is 1.81. The fraction of sp³-hybridized carbons (Fsp3) is 0.467. The van der Waals surface area contributed by atoms with Crippen LogP contribution in [0.5, 0.6) is 5.75 Å². The van der Waals surface area contributed by atoms with E-state index in [2.05, 4.69) is 29.4 Å². The van der Waals surface area contributed by atoms with E-state index in [0.29, 0.717) is 24.2 Å². The quantitative estimate of drug-likeness (QED) is 0.850. The lowest BCUT2D eigenvalue weighted by molar-refractivity contribution is 0.249. The first-order chi connectivity index (χ1) is 10.0. The zero-order valence-electron chi connectivity index (χ0n) is 12.5. The molecule has 1 aromatic carbocycles. The average molecular weight is 293 g/mol. The highest BCUT2D eigenvalue weighted by Gasteiger charge is 2.08. The van der Waals surface area contributed by atoms with Gasteiger partial charge in [0, 0.05) is 13.5 Å². The van der Waals surface area contributed by atoms with Crippen molar-refractivity contribution in [3.8, 4) is 5.75 Å². The molecule has 6 heteroatoms. The zero-order chi connectivity index (χ0) is 15.2. The van der Waals surface area contributed by atoms with Gasteiger partial charge in [-0.2, -0.15) is 0 Å². The SMILES string of the molecule is Cc1nnc(COc2ccc(CNCC(C)C)cc2F)o1. The number of aryl methyl sites for hydroxylation is 1. The van der Waals surface area contributed by atoms with Gasteiger partial charge in [-0.15, -0.1) is 10.2 Å². The van der Waals surface area contributed by atoms with E-state index in [4.69, 9.17) is 9.15 Å². The van der Waals surface area contributed by atoms with Crippen molar-refractivity contribution in [3.63, 3.8) is 0 Å². The maximum Gasteiger partial charge on any atom is 0.253 e. The summed E-state index contributed by atoms with van der Waals surface area (Å²) in [5.74, 6) is 1.14. The zero-order valence-corrected chi connectivity index (χ0v) is 12.5. The maximum atomic E-state index is 13.9. The first kappa shape index (κ1) is 15.4. The molecule has 0 amide bonds. The molecule has 0 atom stereocenters. The Morgan fingerprint density at radius 1 is 1.33 bits per heavy atom. The number of halogens is 1. The molecule has 0 fully saturated rings. The molecule has 0 unspecified atom stereocenters. The summed E-state index contributed by atoms with van der Waals surface area (Å²) in [7, 11) is 0. The minimum atomic E-state index is -0.393. The van der Waals surface area contributed by atoms with Crippen LogP contribution in [0.3, 0.4) is 0 Å². The molecule has 21 heavy (non-hydrogen) atoms. The van der Waals surface area contributed by atoms with E-state index in [1.807, 2.05) is 6.07 Å². The molecular formula is C15H20FN3O2. The van der Waals surface area contributed by atoms with Crippen LogP contribution in [0.2, 0.25) is 0 Å². The molecule has 0 saturated carbocycles. The molecular weight excluding hydrogens is 273 g/mol. The van der Waals surface area contributed by atoms with Crippen LogP contribution in [-0.4, -0.2) is 16.7 Å². The lowest BCUT2D eigenvalue weighted by Gasteiger charge is -2.09. The van der Waals surface area contributed by atoms with Crippen LogP contribution < -0.4 is 10.1 Å². The Kier molecular flexibility index (Phi) is 5.27. The van der Waals surface area contributed by atoms with Crippen LogP contribution in [0.15, 0.2) is 22.6 Å². The Balaban J connectivity index is 1.89. The van der Waals surface area contributed by atoms with Gasteiger partial charge in [-0.25, -0.2) is 4.39 Å². The second kappa shape index (κ2) is 7.17. The molecule has 0 aliphatic rings. The van der Waals surface area contributed by atoms with E-state index in [-0.39, 0.29) is 12.4 Å². The molecule has 0 saturated heterocycles. The van der Waals surface area contributed by atoms with E-state index in [0.717, 1.165) is 12.1 Å². The monoisotopic (exact) mass is 293 g/mol. The summed E-state index contributed by atoms with van der Waals surface area (Å²) in [4.78, 5) is 0. The maximum absolute atomic E-state index is 13.9. The van der Waals surface area contributed by atoms with Gasteiger partial charge < -0.3 is 14.5 Å². The third-order valence-corrected chi connectivity index (χ3v) is 2.80. The van der Waals surface area contributed by atoms with E-state index in [9.17, 15) is 4.39 Å². The standard InChI is InChI=1S/C15H20FN3O2/c1-10(2)7-17-8-12-4-5-14(13(16)6-12)20-9-15-19-18-11(3)21-15/h4-6,10,17H,7-9H2,1-3H3. The van der Waals surface area contributed by atoms with Crippen LogP contribution in [0.1, 0.15) is 31.2 Å². The van der Waals surface area contributed by atoms with Crippen LogP contribution >= 0.6 is 0 Å². The number of benzene rings is 1. The molecule has 5 nitrogen and oxygen atoms in total. The van der Waals surface area contributed by atoms with E-state index >= 15 is 0 Å². The number of nitrogens with zero attached hydrogens (tertiary/aromatic N) is 2. The molecule has 0 spiro atoms. The summed E-state index contributed by atoms with van der Waals surface area (Å²) in [6.45, 7) is 7.54. The van der Waals surface area contributed by atoms with E-state index in [1.54, 1.807) is 13.0 Å². The molecule has 1 aromatic heterocycles. The second-order valence-corrected chi connectivity index (χ2v) is 5.29. The summed E-state index contributed by atoms with van der Waals surface area (Å²) >= 11 is 0. The Morgan fingerprint density at radius 3 is 2.76 bits per heavy atom. The van der Waals surface area contributed by atoms with Gasteiger partial charge in [0.05, 0.1) is 0 Å². The number of rotatable bonds is 7. The highest BCUT2D eigenvalue weighted by Crippen LogP contribution is 2.19. The summed E-state index contributed by atoms with van der Waals surface area (Å²) < 4.78 is 24.4. The predicted molar refractivity (Wildman–Crippen MR) is 76.3 cm³/mol. The largest absolute Gasteiger partial charge is 0.481 e. The van der Waals surface area contributed by atoms with Crippen molar-refractivity contribution >= 4 is 0 Å². The van der Waals surface area contributed by atoms with Crippen LogP contribution in [0.25, 0.3) is 0 Å². The van der Waals surface area contributed by atoms with Gasteiger partial charge in [0.15, 0.2) is 18.2 Å². The third-order valence-electron chi connectivity index (χ3n) is 2.80. The first-order valence-corrected chi connectivity index (χ1v) is 6.95.